The number of benzene rings is 1. The molecule has 3 fully saturated rings. The van der Waals surface area contributed by atoms with Crippen LogP contribution in [0.3, 0.4) is 0 Å². The molecule has 6 heteroatoms. The number of hydrogen-bond donors (Lipinski definition) is 2. The molecule has 0 aliphatic heterocycles. The molecule has 4 aliphatic carbocycles. The van der Waals surface area contributed by atoms with Crippen LogP contribution in [0.15, 0.2) is 42.0 Å². The molecule has 8 atom stereocenters. The van der Waals surface area contributed by atoms with Crippen molar-refractivity contribution in [1.29, 1.82) is 0 Å². The zero-order valence-corrected chi connectivity index (χ0v) is 29.6. The molecule has 8 unspecified atom stereocenters. The van der Waals surface area contributed by atoms with Crippen molar-refractivity contribution in [1.82, 2.24) is 0 Å². The molecule has 6 nitrogen and oxygen atoms in total. The summed E-state index contributed by atoms with van der Waals surface area (Å²) in [5.74, 6) is 3.63. The van der Waals surface area contributed by atoms with Crippen LogP contribution in [0.1, 0.15) is 118 Å². The highest BCUT2D eigenvalue weighted by Crippen LogP contribution is 2.69. The van der Waals surface area contributed by atoms with Crippen LogP contribution in [0.4, 0.5) is 11.4 Å². The number of fused-ring (bicyclic) bond motifs is 5. The van der Waals surface area contributed by atoms with Gasteiger partial charge in [-0.15, -0.1) is 0 Å². The fraction of sp³-hybridized carbons (Fsp3) is 0.700. The highest BCUT2D eigenvalue weighted by atomic mass is 16.5. The minimum absolute atomic E-state index is 0.0238. The van der Waals surface area contributed by atoms with Crippen LogP contribution in [0.25, 0.3) is 0 Å². The number of ether oxygens (including phenoxy) is 2. The molecule has 0 heterocycles. The molecule has 0 amide bonds. The summed E-state index contributed by atoms with van der Waals surface area (Å²) < 4.78 is 11.3. The lowest BCUT2D eigenvalue weighted by molar-refractivity contribution is -0.154. The van der Waals surface area contributed by atoms with Crippen LogP contribution in [0, 0.1) is 51.8 Å². The van der Waals surface area contributed by atoms with Gasteiger partial charge in [-0.3, -0.25) is 0 Å². The van der Waals surface area contributed by atoms with Gasteiger partial charge in [0.05, 0.1) is 0 Å². The van der Waals surface area contributed by atoms with E-state index in [2.05, 4.69) is 54.5 Å². The molecule has 4 aliphatic rings. The van der Waals surface area contributed by atoms with Crippen molar-refractivity contribution >= 4 is 23.3 Å². The standard InChI is InChI=1S/C40H60N2O4/c1-25(2)9-8-10-26(3)31-12-13-32-30-11-14-34-38(4,5)35(18-20-40(34,7)33(30)17-19-39(31,32)6)46-37(44)16-15-36(43)45-24-27-21-28(41)23-29(42)22-27/h14-16,21-23,25-26,30-33,35H,8-13,17-20,24,41-42H2,1-7H3. The highest BCUT2D eigenvalue weighted by molar-refractivity contribution is 5.91. The van der Waals surface area contributed by atoms with E-state index in [4.69, 9.17) is 20.9 Å². The summed E-state index contributed by atoms with van der Waals surface area (Å²) in [5, 5.41) is 0. The topological polar surface area (TPSA) is 105 Å². The Labute approximate surface area is 278 Å². The van der Waals surface area contributed by atoms with E-state index in [9.17, 15) is 9.59 Å². The lowest BCUT2D eigenvalue weighted by Crippen LogP contribution is -2.55. The fourth-order valence-corrected chi connectivity index (χ4v) is 11.0. The minimum Gasteiger partial charge on any atom is -0.458 e. The van der Waals surface area contributed by atoms with Crippen LogP contribution in [-0.2, 0) is 25.7 Å². The maximum absolute atomic E-state index is 12.9. The Bertz CT molecular complexity index is 1330. The summed E-state index contributed by atoms with van der Waals surface area (Å²) in [6.07, 6.45) is 17.2. The van der Waals surface area contributed by atoms with Crippen molar-refractivity contribution in [2.24, 2.45) is 51.8 Å². The number of nitrogen functional groups attached to an aromatic ring is 2. The summed E-state index contributed by atoms with van der Waals surface area (Å²) in [4.78, 5) is 25.2. The van der Waals surface area contributed by atoms with Gasteiger partial charge in [0, 0.05) is 28.9 Å². The first-order chi connectivity index (χ1) is 21.6. The first-order valence-corrected chi connectivity index (χ1v) is 18.1. The molecule has 46 heavy (non-hydrogen) atoms. The summed E-state index contributed by atoms with van der Waals surface area (Å²) in [5.41, 5.74) is 15.2. The second-order valence-corrected chi connectivity index (χ2v) is 16.8. The van der Waals surface area contributed by atoms with Gasteiger partial charge in [0.25, 0.3) is 0 Å². The van der Waals surface area contributed by atoms with Crippen molar-refractivity contribution in [2.75, 3.05) is 11.5 Å². The third kappa shape index (κ3) is 6.78. The highest BCUT2D eigenvalue weighted by Gasteiger charge is 2.61. The molecule has 5 rings (SSSR count). The van der Waals surface area contributed by atoms with E-state index in [1.165, 1.54) is 56.6 Å². The van der Waals surface area contributed by atoms with Crippen molar-refractivity contribution in [3.05, 3.63) is 47.6 Å². The Kier molecular flexibility index (Phi) is 10.1. The first-order valence-electron chi connectivity index (χ1n) is 18.1. The smallest absolute Gasteiger partial charge is 0.331 e. The van der Waals surface area contributed by atoms with Crippen LogP contribution in [0.5, 0.6) is 0 Å². The largest absolute Gasteiger partial charge is 0.458 e. The number of hydrogen-bond acceptors (Lipinski definition) is 6. The van der Waals surface area contributed by atoms with Crippen molar-refractivity contribution < 1.29 is 19.1 Å². The van der Waals surface area contributed by atoms with Gasteiger partial charge in [0.2, 0.25) is 0 Å². The Morgan fingerprint density at radius 2 is 1.59 bits per heavy atom. The maximum Gasteiger partial charge on any atom is 0.331 e. The van der Waals surface area contributed by atoms with E-state index in [-0.39, 0.29) is 23.5 Å². The summed E-state index contributed by atoms with van der Waals surface area (Å²) in [6.45, 7) is 16.9. The van der Waals surface area contributed by atoms with Gasteiger partial charge in [-0.25, -0.2) is 9.59 Å². The molecular weight excluding hydrogens is 572 g/mol. The fourth-order valence-electron chi connectivity index (χ4n) is 11.0. The van der Waals surface area contributed by atoms with E-state index in [1.807, 2.05) is 0 Å². The van der Waals surface area contributed by atoms with Gasteiger partial charge in [-0.05, 0) is 115 Å². The van der Waals surface area contributed by atoms with Crippen LogP contribution < -0.4 is 11.5 Å². The molecule has 4 N–H and O–H groups in total. The zero-order chi connectivity index (χ0) is 33.4. The quantitative estimate of drug-likeness (QED) is 0.115. The molecule has 0 saturated heterocycles. The van der Waals surface area contributed by atoms with Gasteiger partial charge in [-0.2, -0.15) is 0 Å². The van der Waals surface area contributed by atoms with Gasteiger partial charge in [0.15, 0.2) is 0 Å². The number of carbonyl (C=O) groups is 2. The first kappa shape index (κ1) is 34.6. The molecule has 0 radical (unpaired) electrons. The molecule has 254 valence electrons. The lowest BCUT2D eigenvalue weighted by Gasteiger charge is -2.61. The Morgan fingerprint density at radius 1 is 0.891 bits per heavy atom. The minimum atomic E-state index is -0.613. The molecule has 0 spiro atoms. The summed E-state index contributed by atoms with van der Waals surface area (Å²) >= 11 is 0. The molecule has 0 bridgehead atoms. The van der Waals surface area contributed by atoms with Gasteiger partial charge < -0.3 is 20.9 Å². The number of nitrogens with two attached hydrogens (primary N) is 2. The van der Waals surface area contributed by atoms with E-state index in [0.29, 0.717) is 28.3 Å². The Hall–Kier alpha value is -2.76. The molecule has 0 aromatic heterocycles. The average Bonchev–Trinajstić information content (AvgIpc) is 3.33. The number of rotatable bonds is 10. The molecule has 1 aromatic rings. The second kappa shape index (κ2) is 13.4. The summed E-state index contributed by atoms with van der Waals surface area (Å²) in [7, 11) is 0. The molecular formula is C40H60N2O4. The normalized spacial score (nSPS) is 33.9. The van der Waals surface area contributed by atoms with Gasteiger partial charge in [-0.1, -0.05) is 79.4 Å². The van der Waals surface area contributed by atoms with Crippen molar-refractivity contribution in [3.8, 4) is 0 Å². The Morgan fingerprint density at radius 3 is 2.28 bits per heavy atom. The monoisotopic (exact) mass is 632 g/mol. The van der Waals surface area contributed by atoms with Crippen LogP contribution in [0.2, 0.25) is 0 Å². The van der Waals surface area contributed by atoms with E-state index in [1.54, 1.807) is 18.2 Å². The third-order valence-electron chi connectivity index (χ3n) is 13.1. The third-order valence-corrected chi connectivity index (χ3v) is 13.1. The maximum atomic E-state index is 12.9. The molecule has 1 aromatic carbocycles. The number of anilines is 2. The number of carbonyl (C=O) groups excluding carboxylic acids is 2. The number of allylic oxidation sites excluding steroid dienone is 1. The lowest BCUT2D eigenvalue weighted by atomic mass is 9.44. The number of esters is 2. The predicted molar refractivity (Wildman–Crippen MR) is 186 cm³/mol. The van der Waals surface area contributed by atoms with Gasteiger partial charge >= 0.3 is 11.9 Å². The van der Waals surface area contributed by atoms with E-state index in [0.717, 1.165) is 54.9 Å². The molecule has 3 saturated carbocycles. The van der Waals surface area contributed by atoms with Crippen LogP contribution >= 0.6 is 0 Å². The van der Waals surface area contributed by atoms with E-state index >= 15 is 0 Å². The van der Waals surface area contributed by atoms with Crippen LogP contribution in [-0.4, -0.2) is 18.0 Å². The predicted octanol–water partition coefficient (Wildman–Crippen LogP) is 9.04. The van der Waals surface area contributed by atoms with Crippen molar-refractivity contribution in [3.63, 3.8) is 0 Å². The summed E-state index contributed by atoms with van der Waals surface area (Å²) in [6, 6.07) is 5.05. The SMILES string of the molecule is CC(C)CCCC(C)C1CCC2C3CC=C4C(C)(C)C(OC(=O)C=CC(=O)OCc5cc(N)cc(N)c5)CCC4(C)C3CCC12C. The second-order valence-electron chi connectivity index (χ2n) is 16.8. The zero-order valence-electron chi connectivity index (χ0n) is 29.6. The van der Waals surface area contributed by atoms with Crippen molar-refractivity contribution in [2.45, 2.75) is 125 Å². The Balaban J connectivity index is 1.21. The van der Waals surface area contributed by atoms with E-state index < -0.39 is 11.9 Å². The average molecular weight is 633 g/mol. The van der Waals surface area contributed by atoms with Gasteiger partial charge in [0.1, 0.15) is 12.7 Å².